The maximum atomic E-state index is 10.2. The second-order valence-electron chi connectivity index (χ2n) is 2.37. The molecule has 0 aromatic rings. The van der Waals surface area contributed by atoms with Gasteiger partial charge in [-0.1, -0.05) is 44.2 Å². The summed E-state index contributed by atoms with van der Waals surface area (Å²) in [6.07, 6.45) is 9.78. The monoisotopic (exact) mass is 209 g/mol. The molecule has 0 unspecified atom stereocenters. The summed E-state index contributed by atoms with van der Waals surface area (Å²) in [5, 5.41) is 15.3. The molecule has 3 nitrogen and oxygen atoms in total. The van der Waals surface area contributed by atoms with Crippen molar-refractivity contribution in [3.8, 4) is 0 Å². The van der Waals surface area contributed by atoms with Gasteiger partial charge in [0.15, 0.2) is 0 Å². The molecule has 3 heteroatoms. The van der Waals surface area contributed by atoms with E-state index in [1.165, 1.54) is 0 Å². The zero-order valence-corrected chi connectivity index (χ0v) is 9.36. The lowest BCUT2D eigenvalue weighted by molar-refractivity contribution is -0.129. The highest BCUT2D eigenvalue weighted by molar-refractivity contribution is 6.34. The van der Waals surface area contributed by atoms with E-state index in [-0.39, 0.29) is 12.1 Å². The maximum absolute atomic E-state index is 10.2. The quantitative estimate of drug-likeness (QED) is 0.401. The fourth-order valence-electron chi connectivity index (χ4n) is 0.605. The Hall–Kier alpha value is -1.64. The van der Waals surface area contributed by atoms with Crippen LogP contribution in [0.4, 0.5) is 0 Å². The van der Waals surface area contributed by atoms with E-state index in [2.05, 4.69) is 6.58 Å². The van der Waals surface area contributed by atoms with Gasteiger partial charge in [0.25, 0.3) is 0 Å². The van der Waals surface area contributed by atoms with Gasteiger partial charge in [-0.15, -0.1) is 6.58 Å². The largest absolute Gasteiger partial charge is 0.477 e. The van der Waals surface area contributed by atoms with Gasteiger partial charge in [0.1, 0.15) is 5.71 Å². The fraction of sp³-hybridized carbons (Fsp3) is 0.333. The minimum absolute atomic E-state index is 0.160. The van der Waals surface area contributed by atoms with Gasteiger partial charge in [0.05, 0.1) is 0 Å². The highest BCUT2D eigenvalue weighted by Crippen LogP contribution is 1.89. The third kappa shape index (κ3) is 12.4. The molecular formula is C12H19NO2. The summed E-state index contributed by atoms with van der Waals surface area (Å²) in [6, 6.07) is 0. The molecule has 0 aliphatic rings. The van der Waals surface area contributed by atoms with Crippen LogP contribution in [0.25, 0.3) is 0 Å². The summed E-state index contributed by atoms with van der Waals surface area (Å²) in [5.41, 5.74) is -0.298. The van der Waals surface area contributed by atoms with Crippen molar-refractivity contribution in [2.24, 2.45) is 0 Å². The smallest absolute Gasteiger partial charge is 0.349 e. The topological polar surface area (TPSA) is 61.2 Å². The zero-order valence-electron chi connectivity index (χ0n) is 9.36. The van der Waals surface area contributed by atoms with Gasteiger partial charge in [-0.05, 0) is 6.42 Å². The molecule has 0 fully saturated rings. The summed E-state index contributed by atoms with van der Waals surface area (Å²) in [7, 11) is 0. The van der Waals surface area contributed by atoms with Gasteiger partial charge in [-0.25, -0.2) is 4.79 Å². The Kier molecular flexibility index (Phi) is 13.0. The second kappa shape index (κ2) is 12.4. The van der Waals surface area contributed by atoms with Crippen LogP contribution < -0.4 is 0 Å². The van der Waals surface area contributed by atoms with E-state index in [1.807, 2.05) is 19.9 Å². The van der Waals surface area contributed by atoms with Crippen molar-refractivity contribution in [3.05, 3.63) is 37.0 Å². The predicted octanol–water partition coefficient (Wildman–Crippen LogP) is 3.20. The van der Waals surface area contributed by atoms with Crippen LogP contribution in [0.1, 0.15) is 26.7 Å². The number of carboxylic acid groups (broad SMARTS) is 1. The molecule has 0 aliphatic heterocycles. The number of allylic oxidation sites excluding steroid dienone is 5. The molecule has 0 spiro atoms. The number of hydrogen-bond donors (Lipinski definition) is 2. The average Bonchev–Trinajstić information content (AvgIpc) is 2.25. The van der Waals surface area contributed by atoms with Crippen LogP contribution in [-0.4, -0.2) is 16.8 Å². The highest BCUT2D eigenvalue weighted by Gasteiger charge is 2.01. The number of carbonyl (C=O) groups is 1. The van der Waals surface area contributed by atoms with E-state index in [0.717, 1.165) is 6.42 Å². The van der Waals surface area contributed by atoms with Crippen LogP contribution in [0.2, 0.25) is 0 Å². The molecule has 84 valence electrons. The first-order valence-electron chi connectivity index (χ1n) is 4.91. The molecule has 0 heterocycles. The molecule has 0 radical (unpaired) electrons. The Morgan fingerprint density at radius 2 is 1.87 bits per heavy atom. The van der Waals surface area contributed by atoms with Gasteiger partial charge in [0.2, 0.25) is 0 Å². The first kappa shape index (κ1) is 15.8. The van der Waals surface area contributed by atoms with Crippen LogP contribution in [0.15, 0.2) is 37.0 Å². The first-order valence-corrected chi connectivity index (χ1v) is 4.91. The Morgan fingerprint density at radius 3 is 2.33 bits per heavy atom. The van der Waals surface area contributed by atoms with Crippen LogP contribution in [0.3, 0.4) is 0 Å². The van der Waals surface area contributed by atoms with E-state index in [9.17, 15) is 4.79 Å². The summed E-state index contributed by atoms with van der Waals surface area (Å²) in [4.78, 5) is 10.2. The average molecular weight is 209 g/mol. The Labute approximate surface area is 91.3 Å². The van der Waals surface area contributed by atoms with Crippen LogP contribution >= 0.6 is 0 Å². The molecule has 0 aromatic heterocycles. The van der Waals surface area contributed by atoms with E-state index in [4.69, 9.17) is 10.5 Å². The molecule has 2 N–H and O–H groups in total. The van der Waals surface area contributed by atoms with Crippen molar-refractivity contribution in [1.82, 2.24) is 0 Å². The predicted molar refractivity (Wildman–Crippen MR) is 64.4 cm³/mol. The Bertz CT molecular complexity index is 252. The van der Waals surface area contributed by atoms with Gasteiger partial charge in [-0.3, -0.25) is 5.41 Å². The number of carboxylic acids is 1. The van der Waals surface area contributed by atoms with Crippen LogP contribution in [0, 0.1) is 5.41 Å². The molecule has 0 rings (SSSR count). The number of rotatable bonds is 6. The standard InChI is InChI=1S/C10H13NO2.C2H6/c1-2-3-4-5-6-7-8-9(11)10(12)13;1-2/h2,4-7,11H,1,3,8H2,(H,12,13);1-2H3/b5-4-,7-6-,11-9?;. The molecule has 0 bridgehead atoms. The molecule has 0 atom stereocenters. The van der Waals surface area contributed by atoms with Crippen molar-refractivity contribution in [2.45, 2.75) is 26.7 Å². The molecule has 0 aliphatic carbocycles. The van der Waals surface area contributed by atoms with Crippen LogP contribution in [-0.2, 0) is 4.79 Å². The van der Waals surface area contributed by atoms with E-state index in [1.54, 1.807) is 24.3 Å². The van der Waals surface area contributed by atoms with Gasteiger partial charge >= 0.3 is 5.97 Å². The summed E-state index contributed by atoms with van der Waals surface area (Å²) in [6.45, 7) is 7.54. The lowest BCUT2D eigenvalue weighted by Crippen LogP contribution is -2.09. The molecule has 0 saturated carbocycles. The second-order valence-corrected chi connectivity index (χ2v) is 2.37. The van der Waals surface area contributed by atoms with Crippen molar-refractivity contribution in [1.29, 1.82) is 5.41 Å². The highest BCUT2D eigenvalue weighted by atomic mass is 16.4. The summed E-state index contributed by atoms with van der Waals surface area (Å²) < 4.78 is 0. The molecular weight excluding hydrogens is 190 g/mol. The maximum Gasteiger partial charge on any atom is 0.349 e. The normalized spacial score (nSPS) is 9.73. The van der Waals surface area contributed by atoms with Crippen molar-refractivity contribution < 1.29 is 9.90 Å². The SMILES string of the molecule is C=CC/C=C\C=C/CC(=N)C(=O)O.CC. The van der Waals surface area contributed by atoms with Crippen molar-refractivity contribution >= 4 is 11.7 Å². The van der Waals surface area contributed by atoms with E-state index < -0.39 is 5.97 Å². The summed E-state index contributed by atoms with van der Waals surface area (Å²) in [5.74, 6) is -1.17. The van der Waals surface area contributed by atoms with Gasteiger partial charge < -0.3 is 5.11 Å². The molecule has 0 aromatic carbocycles. The summed E-state index contributed by atoms with van der Waals surface area (Å²) >= 11 is 0. The zero-order chi connectivity index (χ0) is 12.1. The third-order valence-corrected chi connectivity index (χ3v) is 1.27. The molecule has 0 amide bonds. The lowest BCUT2D eigenvalue weighted by Gasteiger charge is -1.88. The first-order chi connectivity index (χ1) is 7.18. The number of hydrogen-bond acceptors (Lipinski definition) is 2. The van der Waals surface area contributed by atoms with Crippen molar-refractivity contribution in [3.63, 3.8) is 0 Å². The molecule has 15 heavy (non-hydrogen) atoms. The van der Waals surface area contributed by atoms with E-state index in [0.29, 0.717) is 0 Å². The minimum atomic E-state index is -1.17. The fourth-order valence-corrected chi connectivity index (χ4v) is 0.605. The molecule has 0 saturated heterocycles. The Morgan fingerprint density at radius 1 is 1.33 bits per heavy atom. The van der Waals surface area contributed by atoms with E-state index >= 15 is 0 Å². The third-order valence-electron chi connectivity index (χ3n) is 1.27. The van der Waals surface area contributed by atoms with Gasteiger partial charge in [-0.2, -0.15) is 0 Å². The number of aliphatic carboxylic acids is 1. The van der Waals surface area contributed by atoms with Gasteiger partial charge in [0, 0.05) is 6.42 Å². The van der Waals surface area contributed by atoms with Crippen molar-refractivity contribution in [2.75, 3.05) is 0 Å². The minimum Gasteiger partial charge on any atom is -0.477 e. The number of nitrogens with one attached hydrogen (secondary N) is 1. The van der Waals surface area contributed by atoms with Crippen LogP contribution in [0.5, 0.6) is 0 Å². The Balaban J connectivity index is 0. The lowest BCUT2D eigenvalue weighted by atomic mass is 10.2.